The van der Waals surface area contributed by atoms with Gasteiger partial charge in [0.05, 0.1) is 35.4 Å². The van der Waals surface area contributed by atoms with Crippen LogP contribution in [0.4, 0.5) is 0 Å². The zero-order valence-electron chi connectivity index (χ0n) is 16.4. The Morgan fingerprint density at radius 1 is 1.20 bits per heavy atom. The van der Waals surface area contributed by atoms with Crippen molar-refractivity contribution in [3.63, 3.8) is 0 Å². The summed E-state index contributed by atoms with van der Waals surface area (Å²) in [5.74, 6) is 1.13. The van der Waals surface area contributed by atoms with Crippen LogP contribution in [0.5, 0.6) is 11.5 Å². The number of amides is 1. The smallest absolute Gasteiger partial charge is 0.224 e. The zero-order valence-corrected chi connectivity index (χ0v) is 18.0. The Balaban J connectivity index is 1.24. The molecule has 0 atom stereocenters. The number of hydrogen-bond donors (Lipinski definition) is 1. The van der Waals surface area contributed by atoms with E-state index in [1.807, 2.05) is 18.2 Å². The molecule has 4 rings (SSSR count). The highest BCUT2D eigenvalue weighted by molar-refractivity contribution is 7.09. The third-order valence-corrected chi connectivity index (χ3v) is 5.83. The van der Waals surface area contributed by atoms with Crippen LogP contribution in [0, 0.1) is 0 Å². The molecule has 1 amide bonds. The molecule has 3 heterocycles. The van der Waals surface area contributed by atoms with Gasteiger partial charge in [0.25, 0.3) is 0 Å². The van der Waals surface area contributed by atoms with E-state index in [-0.39, 0.29) is 12.3 Å². The summed E-state index contributed by atoms with van der Waals surface area (Å²) in [5, 5.41) is 6.56. The number of rotatable bonds is 7. The van der Waals surface area contributed by atoms with Gasteiger partial charge in [-0.2, -0.15) is 0 Å². The summed E-state index contributed by atoms with van der Waals surface area (Å²) >= 11 is 7.94. The quantitative estimate of drug-likeness (QED) is 0.551. The minimum atomic E-state index is -0.0443. The number of nitrogens with zero attached hydrogens (tertiary/aromatic N) is 2. The standard InChI is InChI=1S/C22H22ClN3O3S/c23-17-11-15(12-19-22(17)29-10-2-9-28-19)13-20(27)25-6-1-3-21-26-18(14-30-21)16-4-7-24-8-5-16/h4-5,7-8,11-12,14H,1-3,6,9-10,13H2,(H,25,27). The highest BCUT2D eigenvalue weighted by atomic mass is 35.5. The summed E-state index contributed by atoms with van der Waals surface area (Å²) in [5.41, 5.74) is 2.84. The van der Waals surface area contributed by atoms with Gasteiger partial charge in [-0.3, -0.25) is 9.78 Å². The second-order valence-electron chi connectivity index (χ2n) is 6.95. The van der Waals surface area contributed by atoms with E-state index in [4.69, 9.17) is 21.1 Å². The molecule has 3 aromatic rings. The van der Waals surface area contributed by atoms with Gasteiger partial charge in [0.2, 0.25) is 5.91 Å². The molecule has 0 spiro atoms. The second-order valence-corrected chi connectivity index (χ2v) is 8.30. The lowest BCUT2D eigenvalue weighted by Crippen LogP contribution is -2.26. The summed E-state index contributed by atoms with van der Waals surface area (Å²) < 4.78 is 11.3. The van der Waals surface area contributed by atoms with Crippen molar-refractivity contribution in [1.82, 2.24) is 15.3 Å². The summed E-state index contributed by atoms with van der Waals surface area (Å²) in [7, 11) is 0. The van der Waals surface area contributed by atoms with Crippen LogP contribution in [-0.2, 0) is 17.6 Å². The number of nitrogens with one attached hydrogen (secondary N) is 1. The van der Waals surface area contributed by atoms with E-state index in [1.165, 1.54) is 0 Å². The molecule has 1 N–H and O–H groups in total. The number of hydrogen-bond acceptors (Lipinski definition) is 6. The van der Waals surface area contributed by atoms with E-state index < -0.39 is 0 Å². The first kappa shape index (κ1) is 20.6. The average Bonchev–Trinajstić information content (AvgIpc) is 3.09. The van der Waals surface area contributed by atoms with Gasteiger partial charge < -0.3 is 14.8 Å². The average molecular weight is 444 g/mol. The Labute approximate surface area is 184 Å². The number of thiazole rings is 1. The number of carbonyl (C=O) groups is 1. The SMILES string of the molecule is O=C(Cc1cc(Cl)c2c(c1)OCCCO2)NCCCc1nc(-c2ccncc2)cs1. The van der Waals surface area contributed by atoms with Crippen LogP contribution >= 0.6 is 22.9 Å². The zero-order chi connectivity index (χ0) is 20.8. The number of benzene rings is 1. The largest absolute Gasteiger partial charge is 0.489 e. The fourth-order valence-electron chi connectivity index (χ4n) is 3.18. The van der Waals surface area contributed by atoms with Crippen LogP contribution in [-0.4, -0.2) is 35.6 Å². The minimum absolute atomic E-state index is 0.0443. The Hall–Kier alpha value is -2.64. The molecule has 0 saturated carbocycles. The Morgan fingerprint density at radius 3 is 2.90 bits per heavy atom. The number of pyridine rings is 1. The van der Waals surface area contributed by atoms with Gasteiger partial charge in [0.15, 0.2) is 11.5 Å². The van der Waals surface area contributed by atoms with Crippen molar-refractivity contribution < 1.29 is 14.3 Å². The number of carbonyl (C=O) groups excluding carboxylic acids is 1. The Morgan fingerprint density at radius 2 is 2.03 bits per heavy atom. The fourth-order valence-corrected chi connectivity index (χ4v) is 4.32. The van der Waals surface area contributed by atoms with Crippen molar-refractivity contribution in [2.45, 2.75) is 25.7 Å². The maximum absolute atomic E-state index is 12.3. The molecule has 1 aliphatic heterocycles. The van der Waals surface area contributed by atoms with Gasteiger partial charge in [-0.15, -0.1) is 11.3 Å². The van der Waals surface area contributed by atoms with Crippen LogP contribution in [0.15, 0.2) is 42.0 Å². The maximum atomic E-state index is 12.3. The minimum Gasteiger partial charge on any atom is -0.489 e. The summed E-state index contributed by atoms with van der Waals surface area (Å²) in [6.07, 6.45) is 6.24. The van der Waals surface area contributed by atoms with E-state index in [2.05, 4.69) is 20.7 Å². The van der Waals surface area contributed by atoms with Crippen LogP contribution in [0.3, 0.4) is 0 Å². The number of halogens is 1. The maximum Gasteiger partial charge on any atom is 0.224 e. The monoisotopic (exact) mass is 443 g/mol. The third-order valence-electron chi connectivity index (χ3n) is 4.64. The molecule has 6 nitrogen and oxygen atoms in total. The first-order chi connectivity index (χ1) is 14.7. The van der Waals surface area contributed by atoms with E-state index in [9.17, 15) is 4.79 Å². The Kier molecular flexibility index (Phi) is 6.81. The Bertz CT molecular complexity index is 1010. The fraction of sp³-hybridized carbons (Fsp3) is 0.318. The first-order valence-corrected chi connectivity index (χ1v) is 11.1. The molecule has 8 heteroatoms. The summed E-state index contributed by atoms with van der Waals surface area (Å²) in [6, 6.07) is 7.50. The molecule has 0 aliphatic carbocycles. The highest BCUT2D eigenvalue weighted by Crippen LogP contribution is 2.38. The van der Waals surface area contributed by atoms with Crippen molar-refractivity contribution in [2.24, 2.45) is 0 Å². The van der Waals surface area contributed by atoms with Crippen LogP contribution in [0.25, 0.3) is 11.3 Å². The van der Waals surface area contributed by atoms with Gasteiger partial charge in [-0.05, 0) is 36.2 Å². The van der Waals surface area contributed by atoms with E-state index in [0.717, 1.165) is 41.1 Å². The van der Waals surface area contributed by atoms with Crippen molar-refractivity contribution in [2.75, 3.05) is 19.8 Å². The predicted molar refractivity (Wildman–Crippen MR) is 117 cm³/mol. The van der Waals surface area contributed by atoms with Crippen LogP contribution in [0.2, 0.25) is 5.02 Å². The van der Waals surface area contributed by atoms with Crippen molar-refractivity contribution in [1.29, 1.82) is 0 Å². The van der Waals surface area contributed by atoms with Crippen LogP contribution in [0.1, 0.15) is 23.4 Å². The number of fused-ring (bicyclic) bond motifs is 1. The van der Waals surface area contributed by atoms with Gasteiger partial charge in [-0.1, -0.05) is 11.6 Å². The summed E-state index contributed by atoms with van der Waals surface area (Å²) in [4.78, 5) is 21.0. The lowest BCUT2D eigenvalue weighted by atomic mass is 10.1. The molecule has 0 radical (unpaired) electrons. The van der Waals surface area contributed by atoms with Crippen molar-refractivity contribution >= 4 is 28.8 Å². The number of ether oxygens (including phenoxy) is 2. The van der Waals surface area contributed by atoms with Gasteiger partial charge in [0, 0.05) is 42.7 Å². The number of aromatic nitrogens is 2. The van der Waals surface area contributed by atoms with Crippen LogP contribution < -0.4 is 14.8 Å². The molecule has 156 valence electrons. The van der Waals surface area contributed by atoms with Gasteiger partial charge >= 0.3 is 0 Å². The van der Waals surface area contributed by atoms with Crippen molar-refractivity contribution in [3.8, 4) is 22.8 Å². The number of aryl methyl sites for hydroxylation is 1. The lowest BCUT2D eigenvalue weighted by Gasteiger charge is -2.11. The molecule has 1 aromatic carbocycles. The second kappa shape index (κ2) is 9.91. The van der Waals surface area contributed by atoms with E-state index in [0.29, 0.717) is 36.3 Å². The van der Waals surface area contributed by atoms with Gasteiger partial charge in [-0.25, -0.2) is 4.98 Å². The molecule has 0 fully saturated rings. The molecule has 30 heavy (non-hydrogen) atoms. The topological polar surface area (TPSA) is 73.3 Å². The molecular formula is C22H22ClN3O3S. The lowest BCUT2D eigenvalue weighted by molar-refractivity contribution is -0.120. The predicted octanol–water partition coefficient (Wildman–Crippen LogP) is 4.31. The van der Waals surface area contributed by atoms with E-state index >= 15 is 0 Å². The normalized spacial score (nSPS) is 13.0. The highest BCUT2D eigenvalue weighted by Gasteiger charge is 2.16. The molecule has 0 bridgehead atoms. The van der Waals surface area contributed by atoms with E-state index in [1.54, 1.807) is 29.8 Å². The van der Waals surface area contributed by atoms with Gasteiger partial charge in [0.1, 0.15) is 0 Å². The molecule has 0 unspecified atom stereocenters. The molecule has 0 saturated heterocycles. The summed E-state index contributed by atoms with van der Waals surface area (Å²) in [6.45, 7) is 1.76. The van der Waals surface area contributed by atoms with Crippen molar-refractivity contribution in [3.05, 3.63) is 57.6 Å². The molecule has 2 aromatic heterocycles. The molecule has 1 aliphatic rings. The first-order valence-electron chi connectivity index (χ1n) is 9.88. The third kappa shape index (κ3) is 5.29. The molecular weight excluding hydrogens is 422 g/mol.